The predicted octanol–water partition coefficient (Wildman–Crippen LogP) is 3.29. The SMILES string of the molecule is N=C(c1ccc(F)cc1Cl)N1CCCCC1. The Kier molecular flexibility index (Phi) is 3.44. The summed E-state index contributed by atoms with van der Waals surface area (Å²) >= 11 is 5.94. The summed E-state index contributed by atoms with van der Waals surface area (Å²) in [6, 6.07) is 4.18. The van der Waals surface area contributed by atoms with Crippen molar-refractivity contribution in [3.8, 4) is 0 Å². The number of amidine groups is 1. The van der Waals surface area contributed by atoms with Crippen molar-refractivity contribution in [1.29, 1.82) is 5.41 Å². The van der Waals surface area contributed by atoms with E-state index < -0.39 is 0 Å². The van der Waals surface area contributed by atoms with Crippen LogP contribution >= 0.6 is 11.6 Å². The van der Waals surface area contributed by atoms with E-state index in [0.29, 0.717) is 16.4 Å². The molecule has 1 aliphatic rings. The fraction of sp³-hybridized carbons (Fsp3) is 0.417. The summed E-state index contributed by atoms with van der Waals surface area (Å²) < 4.78 is 12.9. The average molecular weight is 241 g/mol. The van der Waals surface area contributed by atoms with Gasteiger partial charge in [-0.25, -0.2) is 4.39 Å². The second kappa shape index (κ2) is 4.83. The molecule has 0 unspecified atom stereocenters. The second-order valence-corrected chi connectivity index (χ2v) is 4.43. The lowest BCUT2D eigenvalue weighted by atomic mass is 10.1. The summed E-state index contributed by atoms with van der Waals surface area (Å²) in [4.78, 5) is 2.00. The van der Waals surface area contributed by atoms with Crippen LogP contribution in [0, 0.1) is 11.2 Å². The third-order valence-electron chi connectivity index (χ3n) is 2.86. The third kappa shape index (κ3) is 2.35. The third-order valence-corrected chi connectivity index (χ3v) is 3.17. The van der Waals surface area contributed by atoms with E-state index in [0.717, 1.165) is 25.9 Å². The Morgan fingerprint density at radius 2 is 1.94 bits per heavy atom. The monoisotopic (exact) mass is 240 g/mol. The van der Waals surface area contributed by atoms with Gasteiger partial charge in [0.2, 0.25) is 0 Å². The van der Waals surface area contributed by atoms with Crippen molar-refractivity contribution in [2.75, 3.05) is 13.1 Å². The Bertz CT molecular complexity index is 400. The van der Waals surface area contributed by atoms with E-state index >= 15 is 0 Å². The first-order valence-electron chi connectivity index (χ1n) is 5.47. The van der Waals surface area contributed by atoms with Gasteiger partial charge in [-0.1, -0.05) is 11.6 Å². The van der Waals surface area contributed by atoms with E-state index in [-0.39, 0.29) is 5.82 Å². The normalized spacial score (nSPS) is 16.2. The molecule has 0 saturated carbocycles. The molecule has 1 aromatic rings. The first-order chi connectivity index (χ1) is 7.68. The van der Waals surface area contributed by atoms with Crippen LogP contribution in [-0.4, -0.2) is 23.8 Å². The Balaban J connectivity index is 2.19. The van der Waals surface area contributed by atoms with Crippen LogP contribution in [0.1, 0.15) is 24.8 Å². The van der Waals surface area contributed by atoms with Crippen molar-refractivity contribution < 1.29 is 4.39 Å². The van der Waals surface area contributed by atoms with Crippen molar-refractivity contribution in [3.05, 3.63) is 34.6 Å². The topological polar surface area (TPSA) is 27.1 Å². The fourth-order valence-corrected chi connectivity index (χ4v) is 2.23. The minimum Gasteiger partial charge on any atom is -0.357 e. The largest absolute Gasteiger partial charge is 0.357 e. The lowest BCUT2D eigenvalue weighted by Crippen LogP contribution is -2.35. The highest BCUT2D eigenvalue weighted by Gasteiger charge is 2.17. The Hall–Kier alpha value is -1.09. The first-order valence-corrected chi connectivity index (χ1v) is 5.85. The molecule has 2 rings (SSSR count). The van der Waals surface area contributed by atoms with Crippen LogP contribution in [-0.2, 0) is 0 Å². The highest BCUT2D eigenvalue weighted by atomic mass is 35.5. The van der Waals surface area contributed by atoms with Gasteiger partial charge in [0.25, 0.3) is 0 Å². The van der Waals surface area contributed by atoms with E-state index in [1.807, 2.05) is 4.90 Å². The number of likely N-dealkylation sites (tertiary alicyclic amines) is 1. The van der Waals surface area contributed by atoms with Crippen LogP contribution < -0.4 is 0 Å². The van der Waals surface area contributed by atoms with Crippen LogP contribution in [0.5, 0.6) is 0 Å². The molecule has 16 heavy (non-hydrogen) atoms. The Morgan fingerprint density at radius 1 is 1.25 bits per heavy atom. The summed E-state index contributed by atoms with van der Waals surface area (Å²) in [5.74, 6) is 0.0462. The van der Waals surface area contributed by atoms with Crippen molar-refractivity contribution in [2.45, 2.75) is 19.3 Å². The molecule has 0 aromatic heterocycles. The first kappa shape index (κ1) is 11.4. The summed E-state index contributed by atoms with van der Waals surface area (Å²) in [5, 5.41) is 8.37. The molecule has 1 aliphatic heterocycles. The molecule has 0 radical (unpaired) electrons. The standard InChI is InChI=1S/C12H14ClFN2/c13-11-8-9(14)4-5-10(11)12(15)16-6-2-1-3-7-16/h4-5,8,15H,1-3,6-7H2. The molecule has 1 fully saturated rings. The molecule has 2 nitrogen and oxygen atoms in total. The van der Waals surface area contributed by atoms with Crippen LogP contribution in [0.15, 0.2) is 18.2 Å². The molecule has 1 N–H and O–H groups in total. The van der Waals surface area contributed by atoms with Crippen molar-refractivity contribution in [3.63, 3.8) is 0 Å². The smallest absolute Gasteiger partial charge is 0.129 e. The van der Waals surface area contributed by atoms with Crippen LogP contribution in [0.3, 0.4) is 0 Å². The summed E-state index contributed by atoms with van der Waals surface area (Å²) in [5.41, 5.74) is 0.616. The predicted molar refractivity (Wildman–Crippen MR) is 63.7 cm³/mol. The van der Waals surface area contributed by atoms with E-state index in [9.17, 15) is 4.39 Å². The van der Waals surface area contributed by atoms with Crippen LogP contribution in [0.4, 0.5) is 4.39 Å². The molecular formula is C12H14ClFN2. The Labute approximate surface area is 99.5 Å². The van der Waals surface area contributed by atoms with E-state index in [2.05, 4.69) is 0 Å². The quantitative estimate of drug-likeness (QED) is 0.592. The number of hydrogen-bond acceptors (Lipinski definition) is 1. The number of nitrogens with zero attached hydrogens (tertiary/aromatic N) is 1. The minimum atomic E-state index is -0.361. The van der Waals surface area contributed by atoms with Gasteiger partial charge in [-0.15, -0.1) is 0 Å². The molecule has 4 heteroatoms. The zero-order valence-electron chi connectivity index (χ0n) is 8.97. The molecule has 0 bridgehead atoms. The van der Waals surface area contributed by atoms with Gasteiger partial charge >= 0.3 is 0 Å². The van der Waals surface area contributed by atoms with Crippen molar-refractivity contribution in [1.82, 2.24) is 4.90 Å². The molecule has 86 valence electrons. The molecule has 0 atom stereocenters. The maximum atomic E-state index is 12.9. The lowest BCUT2D eigenvalue weighted by molar-refractivity contribution is 0.341. The zero-order chi connectivity index (χ0) is 11.5. The number of hydrogen-bond donors (Lipinski definition) is 1. The van der Waals surface area contributed by atoms with Crippen LogP contribution in [0.25, 0.3) is 0 Å². The second-order valence-electron chi connectivity index (χ2n) is 4.02. The number of piperidine rings is 1. The fourth-order valence-electron chi connectivity index (χ4n) is 1.97. The van der Waals surface area contributed by atoms with Crippen LogP contribution in [0.2, 0.25) is 5.02 Å². The maximum absolute atomic E-state index is 12.9. The molecular weight excluding hydrogens is 227 g/mol. The minimum absolute atomic E-state index is 0.315. The summed E-state index contributed by atoms with van der Waals surface area (Å²) in [6.45, 7) is 1.79. The molecule has 1 saturated heterocycles. The van der Waals surface area contributed by atoms with E-state index in [4.69, 9.17) is 17.0 Å². The molecule has 0 aliphatic carbocycles. The number of benzene rings is 1. The lowest BCUT2D eigenvalue weighted by Gasteiger charge is -2.29. The number of halogens is 2. The molecule has 1 aromatic carbocycles. The highest BCUT2D eigenvalue weighted by molar-refractivity contribution is 6.34. The number of nitrogens with one attached hydrogen (secondary N) is 1. The van der Waals surface area contributed by atoms with Gasteiger partial charge in [0.15, 0.2) is 0 Å². The van der Waals surface area contributed by atoms with Gasteiger partial charge in [-0.2, -0.15) is 0 Å². The van der Waals surface area contributed by atoms with E-state index in [1.54, 1.807) is 6.07 Å². The van der Waals surface area contributed by atoms with Gasteiger partial charge in [0, 0.05) is 18.7 Å². The molecule has 0 amide bonds. The molecule has 1 heterocycles. The Morgan fingerprint density at radius 3 is 2.56 bits per heavy atom. The van der Waals surface area contributed by atoms with Gasteiger partial charge in [-0.3, -0.25) is 5.41 Å². The summed E-state index contributed by atoms with van der Waals surface area (Å²) in [6.07, 6.45) is 3.45. The maximum Gasteiger partial charge on any atom is 0.129 e. The highest BCUT2D eigenvalue weighted by Crippen LogP contribution is 2.20. The van der Waals surface area contributed by atoms with Gasteiger partial charge in [0.1, 0.15) is 11.7 Å². The number of rotatable bonds is 1. The van der Waals surface area contributed by atoms with E-state index in [1.165, 1.54) is 18.6 Å². The zero-order valence-corrected chi connectivity index (χ0v) is 9.73. The van der Waals surface area contributed by atoms with Gasteiger partial charge in [0.05, 0.1) is 5.02 Å². The van der Waals surface area contributed by atoms with Crippen molar-refractivity contribution in [2.24, 2.45) is 0 Å². The van der Waals surface area contributed by atoms with Crippen molar-refractivity contribution >= 4 is 17.4 Å². The summed E-state index contributed by atoms with van der Waals surface area (Å²) in [7, 11) is 0. The average Bonchev–Trinajstić information content (AvgIpc) is 2.29. The van der Waals surface area contributed by atoms with Gasteiger partial charge < -0.3 is 4.90 Å². The van der Waals surface area contributed by atoms with Gasteiger partial charge in [-0.05, 0) is 37.5 Å². The molecule has 0 spiro atoms.